The predicted molar refractivity (Wildman–Crippen MR) is 156 cm³/mol. The fourth-order valence-electron chi connectivity index (χ4n) is 4.34. The van der Waals surface area contributed by atoms with Gasteiger partial charge in [0.25, 0.3) is 5.91 Å². The van der Waals surface area contributed by atoms with E-state index in [4.69, 9.17) is 25.5 Å². The van der Waals surface area contributed by atoms with Gasteiger partial charge >= 0.3 is 5.97 Å². The second-order valence-electron chi connectivity index (χ2n) is 9.54. The van der Waals surface area contributed by atoms with E-state index in [9.17, 15) is 9.59 Å². The van der Waals surface area contributed by atoms with Crippen molar-refractivity contribution in [2.24, 2.45) is 0 Å². The minimum atomic E-state index is -0.894. The number of benzene rings is 4. The van der Waals surface area contributed by atoms with Crippen molar-refractivity contribution in [3.63, 3.8) is 0 Å². The lowest BCUT2D eigenvalue weighted by Crippen LogP contribution is -2.42. The Morgan fingerprint density at radius 3 is 2.23 bits per heavy atom. The van der Waals surface area contributed by atoms with Crippen molar-refractivity contribution in [1.82, 2.24) is 5.32 Å². The molecule has 1 N–H and O–H groups in total. The third-order valence-corrected chi connectivity index (χ3v) is 6.85. The van der Waals surface area contributed by atoms with E-state index in [1.165, 1.54) is 12.7 Å². The molecule has 0 saturated carbocycles. The summed E-state index contributed by atoms with van der Waals surface area (Å²) in [5, 5.41) is 4.19. The number of aryl methyl sites for hydroxylation is 1. The molecule has 0 fully saturated rings. The van der Waals surface area contributed by atoms with Crippen LogP contribution in [0.3, 0.4) is 0 Å². The molecular formula is C33H28ClNO5. The largest absolute Gasteiger partial charge is 0.489 e. The molecule has 6 nitrogen and oxygen atoms in total. The molecule has 40 heavy (non-hydrogen) atoms. The second kappa shape index (κ2) is 12.1. The third kappa shape index (κ3) is 6.53. The zero-order chi connectivity index (χ0) is 28.1. The molecule has 0 aliphatic heterocycles. The van der Waals surface area contributed by atoms with Crippen molar-refractivity contribution >= 4 is 34.4 Å². The maximum Gasteiger partial charge on any atom is 0.328 e. The summed E-state index contributed by atoms with van der Waals surface area (Å²) in [4.78, 5) is 25.6. The molecule has 1 amide bonds. The Balaban J connectivity index is 1.25. The zero-order valence-electron chi connectivity index (χ0n) is 22.1. The zero-order valence-corrected chi connectivity index (χ0v) is 22.9. The number of ether oxygens (including phenoxy) is 2. The average Bonchev–Trinajstić information content (AvgIpc) is 3.41. The van der Waals surface area contributed by atoms with Crippen molar-refractivity contribution in [2.45, 2.75) is 26.0 Å². The smallest absolute Gasteiger partial charge is 0.328 e. The van der Waals surface area contributed by atoms with Crippen molar-refractivity contribution in [3.8, 4) is 16.9 Å². The van der Waals surface area contributed by atoms with Gasteiger partial charge < -0.3 is 19.2 Å². The molecular weight excluding hydrogens is 526 g/mol. The quantitative estimate of drug-likeness (QED) is 0.196. The van der Waals surface area contributed by atoms with Crippen molar-refractivity contribution in [3.05, 3.63) is 125 Å². The summed E-state index contributed by atoms with van der Waals surface area (Å²) in [6, 6.07) is 29.5. The number of rotatable bonds is 9. The maximum atomic E-state index is 13.1. The Kier molecular flexibility index (Phi) is 8.18. The van der Waals surface area contributed by atoms with Crippen LogP contribution >= 0.6 is 11.6 Å². The number of esters is 1. The van der Waals surface area contributed by atoms with Gasteiger partial charge in [0.1, 0.15) is 24.0 Å². The van der Waals surface area contributed by atoms with Gasteiger partial charge in [-0.1, -0.05) is 77.8 Å². The lowest BCUT2D eigenvalue weighted by Gasteiger charge is -2.16. The van der Waals surface area contributed by atoms with Crippen LogP contribution in [0.15, 0.2) is 101 Å². The SMILES string of the molecule is COC(=O)C(Cc1ccc(OCc2ccc(C)cc2)cc1)NC(=O)c1cc2ccc(-c3ccc(Cl)cc3)cc2o1. The molecule has 1 heterocycles. The first-order valence-electron chi connectivity index (χ1n) is 12.8. The summed E-state index contributed by atoms with van der Waals surface area (Å²) in [6.45, 7) is 2.50. The van der Waals surface area contributed by atoms with E-state index >= 15 is 0 Å². The van der Waals surface area contributed by atoms with Crippen LogP contribution < -0.4 is 10.1 Å². The number of halogens is 1. The second-order valence-corrected chi connectivity index (χ2v) is 9.98. The monoisotopic (exact) mass is 553 g/mol. The molecule has 1 aromatic heterocycles. The summed E-state index contributed by atoms with van der Waals surface area (Å²) in [7, 11) is 1.29. The van der Waals surface area contributed by atoms with Crippen LogP contribution in [-0.4, -0.2) is 25.0 Å². The number of carbonyl (C=O) groups excluding carboxylic acids is 2. The highest BCUT2D eigenvalue weighted by Gasteiger charge is 2.24. The molecule has 5 aromatic rings. The Hall–Kier alpha value is -4.55. The molecule has 1 atom stereocenters. The molecule has 0 bridgehead atoms. The summed E-state index contributed by atoms with van der Waals surface area (Å²) < 4.78 is 16.7. The number of furan rings is 1. The molecule has 0 aliphatic rings. The number of amides is 1. The number of nitrogens with one attached hydrogen (secondary N) is 1. The fraction of sp³-hybridized carbons (Fsp3) is 0.152. The third-order valence-electron chi connectivity index (χ3n) is 6.60. The van der Waals surface area contributed by atoms with E-state index in [1.54, 1.807) is 6.07 Å². The van der Waals surface area contributed by atoms with E-state index in [0.29, 0.717) is 23.0 Å². The summed E-state index contributed by atoms with van der Waals surface area (Å²) in [5.74, 6) is -0.230. The summed E-state index contributed by atoms with van der Waals surface area (Å²) in [5.41, 5.74) is 5.60. The van der Waals surface area contributed by atoms with Crippen LogP contribution in [0.4, 0.5) is 0 Å². The molecule has 0 spiro atoms. The summed E-state index contributed by atoms with van der Waals surface area (Å²) >= 11 is 6.00. The maximum absolute atomic E-state index is 13.1. The first-order chi connectivity index (χ1) is 19.4. The van der Waals surface area contributed by atoms with E-state index in [0.717, 1.165) is 27.6 Å². The lowest BCUT2D eigenvalue weighted by molar-refractivity contribution is -0.142. The van der Waals surface area contributed by atoms with Gasteiger partial charge in [-0.05, 0) is 65.6 Å². The normalized spacial score (nSPS) is 11.7. The molecule has 0 aliphatic carbocycles. The molecule has 5 rings (SSSR count). The minimum Gasteiger partial charge on any atom is -0.489 e. The van der Waals surface area contributed by atoms with Crippen LogP contribution in [-0.2, 0) is 22.6 Å². The van der Waals surface area contributed by atoms with Crippen LogP contribution in [0.2, 0.25) is 5.02 Å². The first kappa shape index (κ1) is 27.0. The Labute approximate surface area is 237 Å². The number of fused-ring (bicyclic) bond motifs is 1. The van der Waals surface area contributed by atoms with Crippen LogP contribution in [0, 0.1) is 6.92 Å². The highest BCUT2D eigenvalue weighted by Crippen LogP contribution is 2.28. The number of carbonyl (C=O) groups is 2. The number of hydrogen-bond donors (Lipinski definition) is 1. The van der Waals surface area contributed by atoms with Crippen LogP contribution in [0.5, 0.6) is 5.75 Å². The van der Waals surface area contributed by atoms with Crippen molar-refractivity contribution in [2.75, 3.05) is 7.11 Å². The number of methoxy groups -OCH3 is 1. The molecule has 0 radical (unpaired) electrons. The van der Waals surface area contributed by atoms with E-state index < -0.39 is 17.9 Å². The average molecular weight is 554 g/mol. The number of hydrogen-bond acceptors (Lipinski definition) is 5. The van der Waals surface area contributed by atoms with E-state index in [-0.39, 0.29) is 12.2 Å². The minimum absolute atomic E-state index is 0.108. The fourth-order valence-corrected chi connectivity index (χ4v) is 4.46. The predicted octanol–water partition coefficient (Wildman–Crippen LogP) is 7.15. The Morgan fingerprint density at radius 1 is 0.850 bits per heavy atom. The molecule has 4 aromatic carbocycles. The molecule has 7 heteroatoms. The van der Waals surface area contributed by atoms with Crippen LogP contribution in [0.1, 0.15) is 27.2 Å². The topological polar surface area (TPSA) is 77.8 Å². The van der Waals surface area contributed by atoms with E-state index in [2.05, 4.69) is 5.32 Å². The first-order valence-corrected chi connectivity index (χ1v) is 13.2. The van der Waals surface area contributed by atoms with Gasteiger partial charge in [0.15, 0.2) is 5.76 Å². The van der Waals surface area contributed by atoms with E-state index in [1.807, 2.05) is 97.9 Å². The van der Waals surface area contributed by atoms with Gasteiger partial charge in [-0.3, -0.25) is 4.79 Å². The molecule has 0 saturated heterocycles. The van der Waals surface area contributed by atoms with Gasteiger partial charge in [-0.2, -0.15) is 0 Å². The summed E-state index contributed by atoms with van der Waals surface area (Å²) in [6.07, 6.45) is 0.248. The van der Waals surface area contributed by atoms with Gasteiger partial charge in [-0.15, -0.1) is 0 Å². The lowest BCUT2D eigenvalue weighted by atomic mass is 10.0. The van der Waals surface area contributed by atoms with Crippen molar-refractivity contribution in [1.29, 1.82) is 0 Å². The van der Waals surface area contributed by atoms with Gasteiger partial charge in [0, 0.05) is 16.8 Å². The highest BCUT2D eigenvalue weighted by atomic mass is 35.5. The van der Waals surface area contributed by atoms with Gasteiger partial charge in [0.2, 0.25) is 0 Å². The van der Waals surface area contributed by atoms with Gasteiger partial charge in [-0.25, -0.2) is 4.79 Å². The Bertz CT molecular complexity index is 1620. The molecule has 1 unspecified atom stereocenters. The standard InChI is InChI=1S/C33H28ClNO5/c1-21-3-5-23(6-4-21)20-39-28-15-7-22(8-16-28)17-29(33(37)38-2)35-32(36)31-19-26-10-9-25(18-30(26)40-31)24-11-13-27(34)14-12-24/h3-16,18-19,29H,17,20H2,1-2H3,(H,35,36). The highest BCUT2D eigenvalue weighted by molar-refractivity contribution is 6.30. The Morgan fingerprint density at radius 2 is 1.52 bits per heavy atom. The molecule has 202 valence electrons. The van der Waals surface area contributed by atoms with Crippen molar-refractivity contribution < 1.29 is 23.5 Å². The van der Waals surface area contributed by atoms with Crippen LogP contribution in [0.25, 0.3) is 22.1 Å². The van der Waals surface area contributed by atoms with Gasteiger partial charge in [0.05, 0.1) is 7.11 Å².